The fraction of sp³-hybridized carbons (Fsp3) is 0.588. The van der Waals surface area contributed by atoms with Crippen molar-refractivity contribution in [2.24, 2.45) is 0 Å². The molecule has 1 aliphatic heterocycles. The highest BCUT2D eigenvalue weighted by Gasteiger charge is 2.33. The summed E-state index contributed by atoms with van der Waals surface area (Å²) >= 11 is 0. The van der Waals surface area contributed by atoms with Gasteiger partial charge in [0.1, 0.15) is 0 Å². The molecule has 1 heterocycles. The van der Waals surface area contributed by atoms with Gasteiger partial charge in [0.25, 0.3) is 0 Å². The van der Waals surface area contributed by atoms with Crippen molar-refractivity contribution in [2.75, 3.05) is 26.2 Å². The highest BCUT2D eigenvalue weighted by atomic mass is 16.4. The van der Waals surface area contributed by atoms with Crippen molar-refractivity contribution in [3.8, 4) is 0 Å². The van der Waals surface area contributed by atoms with Crippen LogP contribution < -0.4 is 5.32 Å². The Hall–Kier alpha value is -1.39. The van der Waals surface area contributed by atoms with Crippen LogP contribution in [0.15, 0.2) is 24.3 Å². The molecule has 1 fully saturated rings. The molecule has 2 rings (SSSR count). The number of carboxylic acid groups (broad SMARTS) is 1. The Morgan fingerprint density at radius 2 is 2.00 bits per heavy atom. The monoisotopic (exact) mass is 290 g/mol. The lowest BCUT2D eigenvalue weighted by Crippen LogP contribution is -2.47. The summed E-state index contributed by atoms with van der Waals surface area (Å²) in [4.78, 5) is 13.1. The fourth-order valence-corrected chi connectivity index (χ4v) is 2.91. The van der Waals surface area contributed by atoms with Crippen molar-refractivity contribution < 1.29 is 9.90 Å². The summed E-state index contributed by atoms with van der Waals surface area (Å²) < 4.78 is 0. The predicted molar refractivity (Wildman–Crippen MR) is 84.6 cm³/mol. The third-order valence-electron chi connectivity index (χ3n) is 4.37. The summed E-state index contributed by atoms with van der Waals surface area (Å²) in [5.41, 5.74) is 2.69. The van der Waals surface area contributed by atoms with Gasteiger partial charge in [-0.15, -0.1) is 0 Å². The normalized spacial score (nSPS) is 22.6. The summed E-state index contributed by atoms with van der Waals surface area (Å²) in [5, 5.41) is 11.9. The van der Waals surface area contributed by atoms with Crippen molar-refractivity contribution in [3.63, 3.8) is 0 Å². The third kappa shape index (κ3) is 4.83. The lowest BCUT2D eigenvalue weighted by Gasteiger charge is -2.25. The number of hydrogen-bond acceptors (Lipinski definition) is 3. The van der Waals surface area contributed by atoms with Crippen molar-refractivity contribution in [1.82, 2.24) is 10.2 Å². The van der Waals surface area contributed by atoms with Crippen LogP contribution in [0.2, 0.25) is 0 Å². The van der Waals surface area contributed by atoms with Crippen LogP contribution in [0.25, 0.3) is 0 Å². The summed E-state index contributed by atoms with van der Waals surface area (Å²) in [6, 6.07) is 8.85. The Morgan fingerprint density at radius 3 is 2.62 bits per heavy atom. The van der Waals surface area contributed by atoms with Crippen molar-refractivity contribution in [3.05, 3.63) is 35.4 Å². The minimum absolute atomic E-state index is 0.0445. The van der Waals surface area contributed by atoms with Gasteiger partial charge in [-0.3, -0.25) is 4.79 Å². The number of aliphatic carboxylic acids is 1. The van der Waals surface area contributed by atoms with Gasteiger partial charge in [-0.1, -0.05) is 31.2 Å². The standard InChI is InChI=1S/C17H26N2O2/c1-3-14-4-6-15(7-5-14)8-10-19-11-9-17(2,13-19)18-12-16(20)21/h4-7,18H,3,8-13H2,1-2H3,(H,20,21)/t17-/m0/s1. The maximum absolute atomic E-state index is 10.7. The van der Waals surface area contributed by atoms with Gasteiger partial charge in [0.05, 0.1) is 6.54 Å². The van der Waals surface area contributed by atoms with E-state index in [2.05, 4.69) is 48.3 Å². The molecular weight excluding hydrogens is 264 g/mol. The van der Waals surface area contributed by atoms with E-state index >= 15 is 0 Å². The number of nitrogens with one attached hydrogen (secondary N) is 1. The van der Waals surface area contributed by atoms with Gasteiger partial charge >= 0.3 is 5.97 Å². The van der Waals surface area contributed by atoms with Gasteiger partial charge in [0.2, 0.25) is 0 Å². The summed E-state index contributed by atoms with van der Waals surface area (Å²) in [6.45, 7) is 7.33. The van der Waals surface area contributed by atoms with Crippen LogP contribution in [0, 0.1) is 0 Å². The molecule has 0 aliphatic carbocycles. The molecule has 4 heteroatoms. The molecule has 0 aromatic heterocycles. The molecule has 0 spiro atoms. The van der Waals surface area contributed by atoms with Crippen LogP contribution in [0.4, 0.5) is 0 Å². The van der Waals surface area contributed by atoms with E-state index in [1.54, 1.807) is 0 Å². The quantitative estimate of drug-likeness (QED) is 0.806. The molecule has 1 aromatic carbocycles. The van der Waals surface area contributed by atoms with Gasteiger partial charge in [-0.05, 0) is 37.3 Å². The average Bonchev–Trinajstić information content (AvgIpc) is 2.86. The third-order valence-corrected chi connectivity index (χ3v) is 4.37. The maximum atomic E-state index is 10.7. The highest BCUT2D eigenvalue weighted by Crippen LogP contribution is 2.20. The molecule has 0 amide bonds. The number of carboxylic acids is 1. The second kappa shape index (κ2) is 7.05. The van der Waals surface area contributed by atoms with E-state index in [0.29, 0.717) is 0 Å². The van der Waals surface area contributed by atoms with Crippen LogP contribution in [-0.2, 0) is 17.6 Å². The first-order valence-corrected chi connectivity index (χ1v) is 7.78. The number of likely N-dealkylation sites (tertiary alicyclic amines) is 1. The Labute approximate surface area is 127 Å². The smallest absolute Gasteiger partial charge is 0.317 e. The molecule has 2 N–H and O–H groups in total. The van der Waals surface area contributed by atoms with Crippen LogP contribution >= 0.6 is 0 Å². The molecule has 1 atom stereocenters. The molecular formula is C17H26N2O2. The van der Waals surface area contributed by atoms with E-state index in [1.807, 2.05) is 0 Å². The van der Waals surface area contributed by atoms with Crippen molar-refractivity contribution >= 4 is 5.97 Å². The van der Waals surface area contributed by atoms with E-state index in [4.69, 9.17) is 5.11 Å². The lowest BCUT2D eigenvalue weighted by molar-refractivity contribution is -0.136. The highest BCUT2D eigenvalue weighted by molar-refractivity contribution is 5.69. The molecule has 0 bridgehead atoms. The Bertz CT molecular complexity index is 472. The fourth-order valence-electron chi connectivity index (χ4n) is 2.91. The number of benzene rings is 1. The minimum atomic E-state index is -0.786. The van der Waals surface area contributed by atoms with Crippen LogP contribution in [0.5, 0.6) is 0 Å². The van der Waals surface area contributed by atoms with Crippen LogP contribution in [-0.4, -0.2) is 47.7 Å². The van der Waals surface area contributed by atoms with Gasteiger partial charge in [0.15, 0.2) is 0 Å². The van der Waals surface area contributed by atoms with Crippen LogP contribution in [0.1, 0.15) is 31.4 Å². The van der Waals surface area contributed by atoms with E-state index in [-0.39, 0.29) is 12.1 Å². The number of nitrogens with zero attached hydrogens (tertiary/aromatic N) is 1. The maximum Gasteiger partial charge on any atom is 0.317 e. The van der Waals surface area contributed by atoms with Gasteiger partial charge in [-0.25, -0.2) is 0 Å². The predicted octanol–water partition coefficient (Wildman–Crippen LogP) is 1.93. The van der Waals surface area contributed by atoms with Gasteiger partial charge in [0, 0.05) is 25.2 Å². The van der Waals surface area contributed by atoms with E-state index in [9.17, 15) is 4.79 Å². The van der Waals surface area contributed by atoms with E-state index in [0.717, 1.165) is 38.9 Å². The first-order chi connectivity index (χ1) is 10.0. The molecule has 1 aromatic rings. The molecule has 1 aliphatic rings. The van der Waals surface area contributed by atoms with Crippen molar-refractivity contribution in [1.29, 1.82) is 0 Å². The number of carbonyl (C=O) groups is 1. The zero-order chi connectivity index (χ0) is 15.3. The Morgan fingerprint density at radius 1 is 1.33 bits per heavy atom. The molecule has 116 valence electrons. The Balaban J connectivity index is 1.78. The van der Waals surface area contributed by atoms with E-state index in [1.165, 1.54) is 11.1 Å². The minimum Gasteiger partial charge on any atom is -0.480 e. The largest absolute Gasteiger partial charge is 0.480 e. The average molecular weight is 290 g/mol. The first-order valence-electron chi connectivity index (χ1n) is 7.78. The molecule has 0 saturated carbocycles. The van der Waals surface area contributed by atoms with Crippen molar-refractivity contribution in [2.45, 2.75) is 38.6 Å². The summed E-state index contributed by atoms with van der Waals surface area (Å²) in [7, 11) is 0. The second-order valence-electron chi connectivity index (χ2n) is 6.25. The zero-order valence-electron chi connectivity index (χ0n) is 13.1. The Kier molecular flexibility index (Phi) is 5.37. The number of aryl methyl sites for hydroxylation is 1. The molecule has 0 radical (unpaired) electrons. The number of hydrogen-bond donors (Lipinski definition) is 2. The number of rotatable bonds is 7. The summed E-state index contributed by atoms with van der Waals surface area (Å²) in [5.74, 6) is -0.786. The lowest BCUT2D eigenvalue weighted by atomic mass is 10.0. The topological polar surface area (TPSA) is 52.6 Å². The molecule has 4 nitrogen and oxygen atoms in total. The molecule has 1 saturated heterocycles. The first kappa shape index (κ1) is 16.0. The van der Waals surface area contributed by atoms with Crippen LogP contribution in [0.3, 0.4) is 0 Å². The second-order valence-corrected chi connectivity index (χ2v) is 6.25. The van der Waals surface area contributed by atoms with Gasteiger partial charge in [-0.2, -0.15) is 0 Å². The molecule has 21 heavy (non-hydrogen) atoms. The summed E-state index contributed by atoms with van der Waals surface area (Å²) in [6.07, 6.45) is 3.15. The van der Waals surface area contributed by atoms with Gasteiger partial charge < -0.3 is 15.3 Å². The zero-order valence-corrected chi connectivity index (χ0v) is 13.1. The SMILES string of the molecule is CCc1ccc(CCN2CC[C@](C)(NCC(=O)O)C2)cc1. The van der Waals surface area contributed by atoms with E-state index < -0.39 is 5.97 Å². The molecule has 0 unspecified atom stereocenters.